The molecule has 19 heavy (non-hydrogen) atoms. The van der Waals surface area contributed by atoms with Crippen LogP contribution in [0.1, 0.15) is 19.3 Å². The Morgan fingerprint density at radius 3 is 2.26 bits per heavy atom. The van der Waals surface area contributed by atoms with Crippen LogP contribution in [0.25, 0.3) is 0 Å². The van der Waals surface area contributed by atoms with Gasteiger partial charge >= 0.3 is 0 Å². The van der Waals surface area contributed by atoms with Crippen LogP contribution < -0.4 is 9.64 Å². The highest BCUT2D eigenvalue weighted by Crippen LogP contribution is 2.33. The fourth-order valence-corrected chi connectivity index (χ4v) is 2.80. The smallest absolute Gasteiger partial charge is 0.171 e. The molecule has 2 saturated heterocycles. The van der Waals surface area contributed by atoms with Crippen molar-refractivity contribution < 1.29 is 14.2 Å². The van der Waals surface area contributed by atoms with Gasteiger partial charge in [-0.2, -0.15) is 0 Å². The van der Waals surface area contributed by atoms with Gasteiger partial charge in [-0.15, -0.1) is 0 Å². The van der Waals surface area contributed by atoms with Crippen LogP contribution >= 0.6 is 0 Å². The predicted molar refractivity (Wildman–Crippen MR) is 73.7 cm³/mol. The van der Waals surface area contributed by atoms with E-state index < -0.39 is 0 Å². The molecule has 2 aliphatic rings. The Morgan fingerprint density at radius 1 is 1.05 bits per heavy atom. The number of methoxy groups -OCH3 is 1. The van der Waals surface area contributed by atoms with Gasteiger partial charge in [-0.1, -0.05) is 0 Å². The first-order valence-electron chi connectivity index (χ1n) is 6.98. The lowest BCUT2D eigenvalue weighted by Gasteiger charge is -2.44. The zero-order valence-corrected chi connectivity index (χ0v) is 11.4. The van der Waals surface area contributed by atoms with E-state index in [1.54, 1.807) is 7.11 Å². The lowest BCUT2D eigenvalue weighted by Crippen LogP contribution is -2.50. The lowest BCUT2D eigenvalue weighted by molar-refractivity contribution is -0.275. The molecule has 2 heterocycles. The number of rotatable bonds is 2. The second kappa shape index (κ2) is 5.39. The number of piperidine rings is 1. The summed E-state index contributed by atoms with van der Waals surface area (Å²) in [6.07, 6.45) is 2.90. The maximum absolute atomic E-state index is 5.86. The number of anilines is 1. The van der Waals surface area contributed by atoms with Crippen LogP contribution in [0.15, 0.2) is 24.3 Å². The monoisotopic (exact) mass is 263 g/mol. The van der Waals surface area contributed by atoms with Crippen LogP contribution in [-0.4, -0.2) is 39.2 Å². The van der Waals surface area contributed by atoms with E-state index in [2.05, 4.69) is 17.0 Å². The predicted octanol–water partition coefficient (Wildman–Crippen LogP) is 2.43. The molecule has 0 radical (unpaired) electrons. The van der Waals surface area contributed by atoms with E-state index in [1.165, 1.54) is 5.69 Å². The van der Waals surface area contributed by atoms with Gasteiger partial charge < -0.3 is 19.1 Å². The van der Waals surface area contributed by atoms with E-state index in [0.29, 0.717) is 0 Å². The Balaban J connectivity index is 1.62. The summed E-state index contributed by atoms with van der Waals surface area (Å²) < 4.78 is 16.9. The molecule has 0 atom stereocenters. The van der Waals surface area contributed by atoms with Crippen molar-refractivity contribution in [3.05, 3.63) is 24.3 Å². The summed E-state index contributed by atoms with van der Waals surface area (Å²) in [4.78, 5) is 2.38. The number of hydrogen-bond acceptors (Lipinski definition) is 4. The average Bonchev–Trinajstić information content (AvgIpc) is 2.49. The third-order valence-electron chi connectivity index (χ3n) is 3.98. The van der Waals surface area contributed by atoms with Gasteiger partial charge in [-0.25, -0.2) is 0 Å². The second-order valence-corrected chi connectivity index (χ2v) is 5.15. The molecule has 0 unspecified atom stereocenters. The molecule has 4 nitrogen and oxygen atoms in total. The van der Waals surface area contributed by atoms with Gasteiger partial charge in [0.2, 0.25) is 0 Å². The molecule has 4 heteroatoms. The van der Waals surface area contributed by atoms with Crippen molar-refractivity contribution in [1.82, 2.24) is 0 Å². The van der Waals surface area contributed by atoms with Crippen molar-refractivity contribution in [2.45, 2.75) is 25.0 Å². The van der Waals surface area contributed by atoms with Gasteiger partial charge in [0.15, 0.2) is 5.79 Å². The van der Waals surface area contributed by atoms with Crippen molar-refractivity contribution in [2.24, 2.45) is 0 Å². The molecule has 104 valence electrons. The maximum atomic E-state index is 5.86. The largest absolute Gasteiger partial charge is 0.497 e. The summed E-state index contributed by atoms with van der Waals surface area (Å²) in [6, 6.07) is 8.24. The molecule has 0 bridgehead atoms. The molecule has 0 aromatic heterocycles. The molecular weight excluding hydrogens is 242 g/mol. The molecule has 0 amide bonds. The lowest BCUT2D eigenvalue weighted by atomic mass is 10.0. The molecular formula is C15H21NO3. The minimum absolute atomic E-state index is 0.304. The maximum Gasteiger partial charge on any atom is 0.171 e. The highest BCUT2D eigenvalue weighted by Gasteiger charge is 2.38. The highest BCUT2D eigenvalue weighted by atomic mass is 16.7. The number of ether oxygens (including phenoxy) is 3. The molecule has 0 saturated carbocycles. The van der Waals surface area contributed by atoms with E-state index in [4.69, 9.17) is 14.2 Å². The summed E-state index contributed by atoms with van der Waals surface area (Å²) in [5.41, 5.74) is 1.24. The number of benzene rings is 1. The van der Waals surface area contributed by atoms with Crippen molar-refractivity contribution >= 4 is 5.69 Å². The minimum atomic E-state index is -0.304. The molecule has 3 rings (SSSR count). The van der Waals surface area contributed by atoms with Gasteiger partial charge in [0.05, 0.1) is 20.3 Å². The summed E-state index contributed by atoms with van der Waals surface area (Å²) in [5, 5.41) is 0. The van der Waals surface area contributed by atoms with Gasteiger partial charge in [-0.05, 0) is 30.7 Å². The van der Waals surface area contributed by atoms with Gasteiger partial charge in [0.25, 0.3) is 0 Å². The van der Waals surface area contributed by atoms with Crippen molar-refractivity contribution in [2.75, 3.05) is 38.3 Å². The Labute approximate surface area is 114 Å². The molecule has 1 spiro atoms. The minimum Gasteiger partial charge on any atom is -0.497 e. The molecule has 1 aromatic rings. The van der Waals surface area contributed by atoms with E-state index >= 15 is 0 Å². The van der Waals surface area contributed by atoms with Crippen molar-refractivity contribution in [1.29, 1.82) is 0 Å². The summed E-state index contributed by atoms with van der Waals surface area (Å²) in [7, 11) is 1.69. The van der Waals surface area contributed by atoms with Gasteiger partial charge in [-0.3, -0.25) is 0 Å². The fraction of sp³-hybridized carbons (Fsp3) is 0.600. The summed E-state index contributed by atoms with van der Waals surface area (Å²) >= 11 is 0. The second-order valence-electron chi connectivity index (χ2n) is 5.15. The quantitative estimate of drug-likeness (QED) is 0.820. The molecule has 0 aliphatic carbocycles. The first-order valence-corrected chi connectivity index (χ1v) is 6.98. The van der Waals surface area contributed by atoms with E-state index in [-0.39, 0.29) is 5.79 Å². The third-order valence-corrected chi connectivity index (χ3v) is 3.98. The normalized spacial score (nSPS) is 22.5. The zero-order valence-electron chi connectivity index (χ0n) is 11.4. The SMILES string of the molecule is COc1ccc(N2CCC3(CC2)OCCCO3)cc1. The zero-order chi connectivity index (χ0) is 13.1. The van der Waals surface area contributed by atoms with Crippen LogP contribution in [0, 0.1) is 0 Å². The van der Waals surface area contributed by atoms with Crippen LogP contribution in [0.3, 0.4) is 0 Å². The molecule has 2 aliphatic heterocycles. The summed E-state index contributed by atoms with van der Waals surface area (Å²) in [6.45, 7) is 3.63. The van der Waals surface area contributed by atoms with E-state index in [9.17, 15) is 0 Å². The highest BCUT2D eigenvalue weighted by molar-refractivity contribution is 5.49. The molecule has 1 aromatic carbocycles. The Hall–Kier alpha value is -1.26. The number of hydrogen-bond donors (Lipinski definition) is 0. The van der Waals surface area contributed by atoms with Crippen molar-refractivity contribution in [3.8, 4) is 5.75 Å². The summed E-state index contributed by atoms with van der Waals surface area (Å²) in [5.74, 6) is 0.595. The van der Waals surface area contributed by atoms with Gasteiger partial charge in [0.1, 0.15) is 5.75 Å². The molecule has 0 N–H and O–H groups in total. The first kappa shape index (κ1) is 12.8. The van der Waals surface area contributed by atoms with E-state index in [0.717, 1.165) is 51.3 Å². The van der Waals surface area contributed by atoms with E-state index in [1.807, 2.05) is 12.1 Å². The van der Waals surface area contributed by atoms with Gasteiger partial charge in [0, 0.05) is 31.6 Å². The van der Waals surface area contributed by atoms with Crippen LogP contribution in [0.2, 0.25) is 0 Å². The fourth-order valence-electron chi connectivity index (χ4n) is 2.80. The van der Waals surface area contributed by atoms with Crippen LogP contribution in [0.5, 0.6) is 5.75 Å². The first-order chi connectivity index (χ1) is 9.31. The standard InChI is InChI=1S/C15H21NO3/c1-17-14-5-3-13(4-6-14)16-9-7-15(8-10-16)18-11-2-12-19-15/h3-6H,2,7-12H2,1H3. The van der Waals surface area contributed by atoms with Crippen LogP contribution in [-0.2, 0) is 9.47 Å². The Kier molecular flexibility index (Phi) is 3.62. The topological polar surface area (TPSA) is 30.9 Å². The Morgan fingerprint density at radius 2 is 1.68 bits per heavy atom. The third kappa shape index (κ3) is 2.69. The van der Waals surface area contributed by atoms with Crippen molar-refractivity contribution in [3.63, 3.8) is 0 Å². The molecule has 2 fully saturated rings. The number of nitrogens with zero attached hydrogens (tertiary/aromatic N) is 1. The van der Waals surface area contributed by atoms with Crippen LogP contribution in [0.4, 0.5) is 5.69 Å². The Bertz CT molecular complexity index is 402. The average molecular weight is 263 g/mol.